The van der Waals surface area contributed by atoms with Gasteiger partial charge in [0.1, 0.15) is 23.4 Å². The van der Waals surface area contributed by atoms with Crippen molar-refractivity contribution >= 4 is 11.6 Å². The van der Waals surface area contributed by atoms with Crippen LogP contribution in [0.4, 0.5) is 18.9 Å². The molecule has 0 radical (unpaired) electrons. The number of hydrogen-bond donors (Lipinski definition) is 1. The highest BCUT2D eigenvalue weighted by molar-refractivity contribution is 5.73. The zero-order valence-electron chi connectivity index (χ0n) is 17.4. The number of amides is 1. The van der Waals surface area contributed by atoms with Gasteiger partial charge in [-0.05, 0) is 36.8 Å². The minimum atomic E-state index is -2.64. The van der Waals surface area contributed by atoms with Crippen LogP contribution in [0.1, 0.15) is 31.9 Å². The van der Waals surface area contributed by atoms with Crippen LogP contribution in [0.15, 0.2) is 42.5 Å². The van der Waals surface area contributed by atoms with E-state index in [1.807, 2.05) is 36.1 Å². The zero-order valence-corrected chi connectivity index (χ0v) is 17.4. The van der Waals surface area contributed by atoms with Crippen molar-refractivity contribution in [2.45, 2.75) is 38.3 Å². The second kappa shape index (κ2) is 8.32. The van der Waals surface area contributed by atoms with Crippen molar-refractivity contribution in [2.24, 2.45) is 5.92 Å². The number of carbonyl (C=O) groups excluding carboxylic acids is 1. The molecular weight excluding hydrogens is 409 g/mol. The Morgan fingerprint density at radius 3 is 2.42 bits per heavy atom. The average Bonchev–Trinajstić information content (AvgIpc) is 3.30. The Hall–Kier alpha value is -2.90. The van der Waals surface area contributed by atoms with Crippen LogP contribution in [0, 0.1) is 11.7 Å². The first kappa shape index (κ1) is 21.3. The number of rotatable bonds is 8. The molecule has 0 bridgehead atoms. The lowest BCUT2D eigenvalue weighted by atomic mass is 10.1. The van der Waals surface area contributed by atoms with E-state index in [4.69, 9.17) is 9.47 Å². The predicted molar refractivity (Wildman–Crippen MR) is 110 cm³/mol. The Balaban J connectivity index is 1.25. The Kier molecular flexibility index (Phi) is 5.73. The molecular formula is C23H25F3N2O3. The molecule has 1 saturated heterocycles. The molecule has 1 saturated carbocycles. The monoisotopic (exact) mass is 434 g/mol. The molecule has 0 spiro atoms. The summed E-state index contributed by atoms with van der Waals surface area (Å²) in [7, 11) is 0. The van der Waals surface area contributed by atoms with Crippen LogP contribution in [0.5, 0.6) is 11.5 Å². The van der Waals surface area contributed by atoms with Gasteiger partial charge in [-0.25, -0.2) is 13.2 Å². The fourth-order valence-corrected chi connectivity index (χ4v) is 3.61. The Morgan fingerprint density at radius 1 is 1.19 bits per heavy atom. The summed E-state index contributed by atoms with van der Waals surface area (Å²) in [5, 5.41) is 2.83. The summed E-state index contributed by atoms with van der Waals surface area (Å²) in [4.78, 5) is 13.0. The predicted octanol–water partition coefficient (Wildman–Crippen LogP) is 4.32. The van der Waals surface area contributed by atoms with Crippen molar-refractivity contribution in [3.05, 3.63) is 53.8 Å². The first-order chi connectivity index (χ1) is 14.7. The number of hydrogen-bond acceptors (Lipinski definition) is 4. The quantitative estimate of drug-likeness (QED) is 0.672. The van der Waals surface area contributed by atoms with E-state index in [0.29, 0.717) is 24.5 Å². The Bertz CT molecular complexity index is 946. The first-order valence-corrected chi connectivity index (χ1v) is 10.3. The second-order valence-electron chi connectivity index (χ2n) is 8.22. The Morgan fingerprint density at radius 2 is 1.84 bits per heavy atom. The number of halogens is 3. The van der Waals surface area contributed by atoms with Crippen molar-refractivity contribution < 1.29 is 27.4 Å². The summed E-state index contributed by atoms with van der Waals surface area (Å²) in [5.74, 6) is -2.98. The molecule has 1 N–H and O–H groups in total. The molecule has 2 unspecified atom stereocenters. The summed E-state index contributed by atoms with van der Waals surface area (Å²) < 4.78 is 51.5. The van der Waals surface area contributed by atoms with Crippen molar-refractivity contribution in [1.82, 2.24) is 5.32 Å². The smallest absolute Gasteiger partial charge is 0.255 e. The van der Waals surface area contributed by atoms with Crippen LogP contribution in [-0.4, -0.2) is 37.6 Å². The van der Waals surface area contributed by atoms with E-state index in [-0.39, 0.29) is 36.8 Å². The first-order valence-electron chi connectivity index (χ1n) is 10.3. The molecule has 166 valence electrons. The highest BCUT2D eigenvalue weighted by Crippen LogP contribution is 2.48. The van der Waals surface area contributed by atoms with Crippen molar-refractivity contribution in [3.63, 3.8) is 0 Å². The van der Waals surface area contributed by atoms with Gasteiger partial charge < -0.3 is 19.7 Å². The van der Waals surface area contributed by atoms with Crippen LogP contribution in [-0.2, 0) is 4.79 Å². The van der Waals surface area contributed by atoms with Gasteiger partial charge in [0.05, 0.1) is 37.3 Å². The van der Waals surface area contributed by atoms with Gasteiger partial charge in [-0.3, -0.25) is 4.79 Å². The number of carbonyl (C=O) groups is 1. The number of ether oxygens (including phenoxy) is 2. The van der Waals surface area contributed by atoms with E-state index in [1.54, 1.807) is 12.1 Å². The lowest BCUT2D eigenvalue weighted by Gasteiger charge is -2.40. The van der Waals surface area contributed by atoms with Crippen LogP contribution < -0.4 is 19.7 Å². The fraction of sp³-hybridized carbons (Fsp3) is 0.435. The van der Waals surface area contributed by atoms with Crippen molar-refractivity contribution in [3.8, 4) is 11.5 Å². The maximum Gasteiger partial charge on any atom is 0.255 e. The fourth-order valence-electron chi connectivity index (χ4n) is 3.61. The van der Waals surface area contributed by atoms with Crippen LogP contribution in [0.25, 0.3) is 0 Å². The molecule has 1 aliphatic carbocycles. The summed E-state index contributed by atoms with van der Waals surface area (Å²) in [5.41, 5.74) is 1.41. The number of alkyl halides is 2. The maximum atomic E-state index is 14.4. The molecule has 5 nitrogen and oxygen atoms in total. The molecule has 31 heavy (non-hydrogen) atoms. The number of anilines is 1. The second-order valence-corrected chi connectivity index (χ2v) is 8.22. The number of nitrogens with one attached hydrogen (secondary N) is 1. The van der Waals surface area contributed by atoms with Gasteiger partial charge in [0.15, 0.2) is 0 Å². The minimum Gasteiger partial charge on any atom is -0.493 e. The number of nitrogens with zero attached hydrogens (tertiary/aromatic N) is 1. The summed E-state index contributed by atoms with van der Waals surface area (Å²) in [6.45, 7) is 4.36. The summed E-state index contributed by atoms with van der Waals surface area (Å²) in [6, 6.07) is 11.9. The zero-order chi connectivity index (χ0) is 22.2. The van der Waals surface area contributed by atoms with E-state index in [0.717, 1.165) is 5.56 Å². The van der Waals surface area contributed by atoms with Gasteiger partial charge in [0.25, 0.3) is 5.92 Å². The summed E-state index contributed by atoms with van der Waals surface area (Å²) >= 11 is 0. The maximum absolute atomic E-state index is 14.4. The van der Waals surface area contributed by atoms with Crippen LogP contribution >= 0.6 is 0 Å². The number of benzene rings is 2. The molecule has 2 fully saturated rings. The van der Waals surface area contributed by atoms with Crippen LogP contribution in [0.3, 0.4) is 0 Å². The Labute approximate surface area is 179 Å². The highest BCUT2D eigenvalue weighted by atomic mass is 19.3. The highest BCUT2D eigenvalue weighted by Gasteiger charge is 2.57. The molecule has 8 heteroatoms. The van der Waals surface area contributed by atoms with Gasteiger partial charge in [0, 0.05) is 19.4 Å². The molecule has 2 aromatic rings. The molecule has 1 amide bonds. The average molecular weight is 434 g/mol. The lowest BCUT2D eigenvalue weighted by molar-refractivity contribution is -0.119. The van der Waals surface area contributed by atoms with E-state index in [2.05, 4.69) is 5.32 Å². The van der Waals surface area contributed by atoms with E-state index in [9.17, 15) is 18.0 Å². The third-order valence-electron chi connectivity index (χ3n) is 5.62. The van der Waals surface area contributed by atoms with Gasteiger partial charge in [-0.15, -0.1) is 0 Å². The van der Waals surface area contributed by atoms with Gasteiger partial charge in [-0.2, -0.15) is 0 Å². The largest absolute Gasteiger partial charge is 0.493 e. The molecule has 2 atom stereocenters. The minimum absolute atomic E-state index is 0.0638. The topological polar surface area (TPSA) is 50.8 Å². The van der Waals surface area contributed by atoms with E-state index >= 15 is 0 Å². The molecule has 1 heterocycles. The molecule has 2 aliphatic rings. The third-order valence-corrected chi connectivity index (χ3v) is 5.62. The molecule has 1 aliphatic heterocycles. The molecule has 4 rings (SSSR count). The van der Waals surface area contributed by atoms with E-state index < -0.39 is 17.7 Å². The van der Waals surface area contributed by atoms with Gasteiger partial charge in [0.2, 0.25) is 5.91 Å². The standard InChI is InChI=1S/C23H25F3N2O3/c1-14(27-15(2)29)16-3-5-18(6-4-16)31-20-11-28(12-20)22-8-7-19(9-21(22)24)30-13-17-10-23(17,25)26/h3-9,14,17,20H,10-13H2,1-2H3,(H,27,29). The van der Waals surface area contributed by atoms with Crippen molar-refractivity contribution in [1.29, 1.82) is 0 Å². The van der Waals surface area contributed by atoms with Gasteiger partial charge >= 0.3 is 0 Å². The SMILES string of the molecule is CC(=O)NC(C)c1ccc(OC2CN(c3ccc(OCC4CC4(F)F)cc3F)C2)cc1. The third kappa shape index (κ3) is 5.06. The van der Waals surface area contributed by atoms with Gasteiger partial charge in [-0.1, -0.05) is 12.1 Å². The molecule has 0 aromatic heterocycles. The van der Waals surface area contributed by atoms with E-state index in [1.165, 1.54) is 13.0 Å². The normalized spacial score (nSPS) is 20.5. The van der Waals surface area contributed by atoms with Crippen LogP contribution in [0.2, 0.25) is 0 Å². The lowest BCUT2D eigenvalue weighted by Crippen LogP contribution is -2.54. The molecule has 2 aromatic carbocycles. The summed E-state index contributed by atoms with van der Waals surface area (Å²) in [6.07, 6.45) is -0.231. The van der Waals surface area contributed by atoms with Crippen molar-refractivity contribution in [2.75, 3.05) is 24.6 Å².